The molecule has 0 amide bonds. The Morgan fingerprint density at radius 1 is 1.11 bits per heavy atom. The highest BCUT2D eigenvalue weighted by Crippen LogP contribution is 2.09. The van der Waals surface area contributed by atoms with Crippen molar-refractivity contribution in [2.75, 3.05) is 13.2 Å². The van der Waals surface area contributed by atoms with Gasteiger partial charge in [-0.05, 0) is 19.8 Å². The van der Waals surface area contributed by atoms with Gasteiger partial charge in [0.15, 0.2) is 11.7 Å². The van der Waals surface area contributed by atoms with E-state index >= 15 is 0 Å². The summed E-state index contributed by atoms with van der Waals surface area (Å²) in [5.74, 6) is -2.37. The molecule has 19 heavy (non-hydrogen) atoms. The SMILES string of the molecule is CCCCOC(OCCCC)C(=O)C(C#N)C(C)=O. The molecule has 0 aromatic heterocycles. The number of hydrogen-bond donors (Lipinski definition) is 0. The summed E-state index contributed by atoms with van der Waals surface area (Å²) >= 11 is 0. The molecule has 1 atom stereocenters. The molecule has 0 radical (unpaired) electrons. The van der Waals surface area contributed by atoms with E-state index in [9.17, 15) is 9.59 Å². The van der Waals surface area contributed by atoms with Crippen molar-refractivity contribution in [3.8, 4) is 6.07 Å². The smallest absolute Gasteiger partial charge is 0.219 e. The number of unbranched alkanes of at least 4 members (excludes halogenated alkanes) is 2. The maximum atomic E-state index is 12.0. The first-order valence-corrected chi connectivity index (χ1v) is 6.75. The van der Waals surface area contributed by atoms with Crippen LogP contribution in [0.4, 0.5) is 0 Å². The number of carbonyl (C=O) groups excluding carboxylic acids is 2. The van der Waals surface area contributed by atoms with Crippen molar-refractivity contribution in [3.05, 3.63) is 0 Å². The highest BCUT2D eigenvalue weighted by Gasteiger charge is 2.31. The molecule has 5 heteroatoms. The number of nitrogens with zero attached hydrogens (tertiary/aromatic N) is 1. The van der Waals surface area contributed by atoms with Crippen LogP contribution < -0.4 is 0 Å². The van der Waals surface area contributed by atoms with Gasteiger partial charge < -0.3 is 9.47 Å². The quantitative estimate of drug-likeness (QED) is 0.326. The molecule has 0 aromatic rings. The molecule has 0 aliphatic heterocycles. The fraction of sp³-hybridized carbons (Fsp3) is 0.786. The van der Waals surface area contributed by atoms with E-state index in [1.165, 1.54) is 6.92 Å². The van der Waals surface area contributed by atoms with E-state index in [0.29, 0.717) is 13.2 Å². The summed E-state index contributed by atoms with van der Waals surface area (Å²) < 4.78 is 10.7. The second kappa shape index (κ2) is 10.7. The van der Waals surface area contributed by atoms with E-state index in [4.69, 9.17) is 14.7 Å². The fourth-order valence-electron chi connectivity index (χ4n) is 1.37. The van der Waals surface area contributed by atoms with Crippen LogP contribution in [-0.4, -0.2) is 31.1 Å². The summed E-state index contributed by atoms with van der Waals surface area (Å²) in [6.45, 7) is 6.00. The summed E-state index contributed by atoms with van der Waals surface area (Å²) in [5, 5.41) is 8.86. The van der Waals surface area contributed by atoms with Crippen molar-refractivity contribution in [1.82, 2.24) is 0 Å². The van der Waals surface area contributed by atoms with E-state index in [-0.39, 0.29) is 0 Å². The zero-order valence-corrected chi connectivity index (χ0v) is 12.0. The molecule has 0 aliphatic carbocycles. The van der Waals surface area contributed by atoms with Crippen LogP contribution in [0.5, 0.6) is 0 Å². The van der Waals surface area contributed by atoms with E-state index in [1.54, 1.807) is 6.07 Å². The minimum atomic E-state index is -1.30. The van der Waals surface area contributed by atoms with Gasteiger partial charge in [-0.2, -0.15) is 5.26 Å². The molecule has 5 nitrogen and oxygen atoms in total. The second-order valence-electron chi connectivity index (χ2n) is 4.36. The van der Waals surface area contributed by atoms with Gasteiger partial charge in [-0.3, -0.25) is 9.59 Å². The lowest BCUT2D eigenvalue weighted by molar-refractivity contribution is -0.173. The molecule has 0 N–H and O–H groups in total. The van der Waals surface area contributed by atoms with Gasteiger partial charge in [-0.1, -0.05) is 26.7 Å². The lowest BCUT2D eigenvalue weighted by Crippen LogP contribution is -2.36. The predicted octanol–water partition coefficient (Wildman–Crippen LogP) is 2.24. The van der Waals surface area contributed by atoms with Crippen molar-refractivity contribution >= 4 is 11.6 Å². The average molecular weight is 269 g/mol. The Morgan fingerprint density at radius 3 is 1.89 bits per heavy atom. The van der Waals surface area contributed by atoms with E-state index < -0.39 is 23.8 Å². The monoisotopic (exact) mass is 269 g/mol. The molecule has 0 saturated heterocycles. The molecule has 0 rings (SSSR count). The third kappa shape index (κ3) is 7.04. The molecule has 0 aliphatic rings. The van der Waals surface area contributed by atoms with Gasteiger partial charge >= 0.3 is 0 Å². The standard InChI is InChI=1S/C14H23NO4/c1-4-6-8-18-14(19-9-7-5-2)13(17)12(10-15)11(3)16/h12,14H,4-9H2,1-3H3. The maximum absolute atomic E-state index is 12.0. The van der Waals surface area contributed by atoms with Crippen molar-refractivity contribution in [3.63, 3.8) is 0 Å². The van der Waals surface area contributed by atoms with Gasteiger partial charge in [-0.25, -0.2) is 0 Å². The van der Waals surface area contributed by atoms with Crippen LogP contribution in [0.15, 0.2) is 0 Å². The minimum Gasteiger partial charge on any atom is -0.346 e. The third-order valence-electron chi connectivity index (χ3n) is 2.59. The number of carbonyl (C=O) groups is 2. The normalized spacial score (nSPS) is 12.2. The second-order valence-corrected chi connectivity index (χ2v) is 4.36. The number of rotatable bonds is 11. The molecule has 1 unspecified atom stereocenters. The van der Waals surface area contributed by atoms with E-state index in [1.807, 2.05) is 13.8 Å². The van der Waals surface area contributed by atoms with Crippen molar-refractivity contribution in [2.45, 2.75) is 52.7 Å². The number of ketones is 2. The summed E-state index contributed by atoms with van der Waals surface area (Å²) in [6, 6.07) is 1.70. The average Bonchev–Trinajstić information content (AvgIpc) is 2.37. The molecule has 0 saturated carbocycles. The van der Waals surface area contributed by atoms with Gasteiger partial charge in [-0.15, -0.1) is 0 Å². The molecule has 0 bridgehead atoms. The Morgan fingerprint density at radius 2 is 1.58 bits per heavy atom. The zero-order chi connectivity index (χ0) is 14.7. The zero-order valence-electron chi connectivity index (χ0n) is 12.0. The number of ether oxygens (including phenoxy) is 2. The first kappa shape index (κ1) is 17.8. The summed E-state index contributed by atoms with van der Waals surface area (Å²) in [5.41, 5.74) is 0. The van der Waals surface area contributed by atoms with Crippen LogP contribution in [0.25, 0.3) is 0 Å². The van der Waals surface area contributed by atoms with Gasteiger partial charge in [0.25, 0.3) is 0 Å². The van der Waals surface area contributed by atoms with Gasteiger partial charge in [0.05, 0.1) is 19.3 Å². The number of hydrogen-bond acceptors (Lipinski definition) is 5. The third-order valence-corrected chi connectivity index (χ3v) is 2.59. The predicted molar refractivity (Wildman–Crippen MR) is 70.3 cm³/mol. The van der Waals surface area contributed by atoms with Crippen LogP contribution in [-0.2, 0) is 19.1 Å². The van der Waals surface area contributed by atoms with E-state index in [2.05, 4.69) is 0 Å². The molecular weight excluding hydrogens is 246 g/mol. The minimum absolute atomic E-state index is 0.384. The number of nitriles is 1. The van der Waals surface area contributed by atoms with Gasteiger partial charge in [0, 0.05) is 0 Å². The molecule has 0 spiro atoms. The van der Waals surface area contributed by atoms with Crippen LogP contribution in [0.1, 0.15) is 46.5 Å². The lowest BCUT2D eigenvalue weighted by Gasteiger charge is -2.18. The van der Waals surface area contributed by atoms with Crippen LogP contribution >= 0.6 is 0 Å². The molecule has 0 aromatic carbocycles. The van der Waals surface area contributed by atoms with Crippen molar-refractivity contribution < 1.29 is 19.1 Å². The van der Waals surface area contributed by atoms with Crippen LogP contribution in [0.2, 0.25) is 0 Å². The molecule has 0 fully saturated rings. The Balaban J connectivity index is 4.55. The molecule has 108 valence electrons. The highest BCUT2D eigenvalue weighted by molar-refractivity contribution is 6.05. The van der Waals surface area contributed by atoms with Gasteiger partial charge in [0.2, 0.25) is 12.1 Å². The summed E-state index contributed by atoms with van der Waals surface area (Å²) in [4.78, 5) is 23.2. The van der Waals surface area contributed by atoms with Crippen LogP contribution in [0.3, 0.4) is 0 Å². The number of Topliss-reactive ketones (excluding diaryl/α,β-unsaturated/α-hetero) is 2. The lowest BCUT2D eigenvalue weighted by atomic mass is 10.0. The topological polar surface area (TPSA) is 76.4 Å². The summed E-state index contributed by atoms with van der Waals surface area (Å²) in [7, 11) is 0. The van der Waals surface area contributed by atoms with Gasteiger partial charge in [0.1, 0.15) is 0 Å². The van der Waals surface area contributed by atoms with Crippen LogP contribution in [0, 0.1) is 17.2 Å². The first-order valence-electron chi connectivity index (χ1n) is 6.75. The Hall–Kier alpha value is -1.25. The highest BCUT2D eigenvalue weighted by atomic mass is 16.7. The Kier molecular flexibility index (Phi) is 9.95. The van der Waals surface area contributed by atoms with Crippen molar-refractivity contribution in [2.24, 2.45) is 5.92 Å². The van der Waals surface area contributed by atoms with E-state index in [0.717, 1.165) is 25.7 Å². The Labute approximate surface area is 114 Å². The first-order chi connectivity index (χ1) is 9.08. The Bertz CT molecular complexity index is 312. The molecular formula is C14H23NO4. The summed E-state index contributed by atoms with van der Waals surface area (Å²) in [6.07, 6.45) is 2.37. The molecule has 0 heterocycles. The largest absolute Gasteiger partial charge is 0.346 e. The maximum Gasteiger partial charge on any atom is 0.219 e. The fourth-order valence-corrected chi connectivity index (χ4v) is 1.37. The van der Waals surface area contributed by atoms with Crippen molar-refractivity contribution in [1.29, 1.82) is 5.26 Å².